The Morgan fingerprint density at radius 1 is 1.21 bits per heavy atom. The van der Waals surface area contributed by atoms with Gasteiger partial charge in [0, 0.05) is 21.7 Å². The first-order chi connectivity index (χ1) is 13.7. The summed E-state index contributed by atoms with van der Waals surface area (Å²) in [7, 11) is -3.47. The second kappa shape index (κ2) is 8.48. The molecule has 1 amide bonds. The molecule has 0 radical (unpaired) electrons. The molecular weight excluding hydrogens is 437 g/mol. The topological polar surface area (TPSA) is 88.2 Å². The van der Waals surface area contributed by atoms with Gasteiger partial charge in [0.15, 0.2) is 0 Å². The fourth-order valence-corrected chi connectivity index (χ4v) is 4.23. The minimum Gasteiger partial charge on any atom is -0.321 e. The predicted molar refractivity (Wildman–Crippen MR) is 115 cm³/mol. The van der Waals surface area contributed by atoms with E-state index in [0.29, 0.717) is 27.4 Å². The fourth-order valence-electron chi connectivity index (χ4n) is 2.59. The van der Waals surface area contributed by atoms with E-state index in [-0.39, 0.29) is 22.4 Å². The molecule has 0 saturated heterocycles. The number of aryl methyl sites for hydroxylation is 1. The molecule has 3 rings (SSSR count). The number of aromatic nitrogens is 1. The maximum Gasteiger partial charge on any atom is 0.265 e. The lowest BCUT2D eigenvalue weighted by molar-refractivity contribution is 0.103. The summed E-state index contributed by atoms with van der Waals surface area (Å²) in [5, 5.41) is 4.74. The van der Waals surface area contributed by atoms with Gasteiger partial charge >= 0.3 is 0 Å². The fraction of sp³-hybridized carbons (Fsp3) is 0.158. The second-order valence-electron chi connectivity index (χ2n) is 6.21. The number of sulfonamides is 1. The van der Waals surface area contributed by atoms with Gasteiger partial charge in [-0.05, 0) is 49.7 Å². The summed E-state index contributed by atoms with van der Waals surface area (Å²) in [6, 6.07) is 7.50. The van der Waals surface area contributed by atoms with Crippen molar-refractivity contribution in [2.45, 2.75) is 13.8 Å². The van der Waals surface area contributed by atoms with Crippen LogP contribution in [0.15, 0.2) is 41.9 Å². The standard InChI is InChI=1S/C19H17ClFN3O3S2/c1-3-29(26,27)24-16-7-13(20)6-15(8-16)23-19(25)17-5-12(10-28-17)18-11(2)4-14(21)9-22-18/h4-10,24H,3H2,1-2H3,(H,23,25). The summed E-state index contributed by atoms with van der Waals surface area (Å²) >= 11 is 7.26. The molecule has 2 N–H and O–H groups in total. The Kier molecular flexibility index (Phi) is 6.21. The van der Waals surface area contributed by atoms with Crippen molar-refractivity contribution in [2.24, 2.45) is 0 Å². The Morgan fingerprint density at radius 3 is 2.62 bits per heavy atom. The summed E-state index contributed by atoms with van der Waals surface area (Å²) in [5.74, 6) is -0.891. The Labute approximate surface area is 176 Å². The molecule has 0 fully saturated rings. The molecule has 0 saturated carbocycles. The maximum atomic E-state index is 13.3. The summed E-state index contributed by atoms with van der Waals surface area (Å²) < 4.78 is 39.2. The van der Waals surface area contributed by atoms with E-state index < -0.39 is 15.8 Å². The highest BCUT2D eigenvalue weighted by molar-refractivity contribution is 7.92. The average molecular weight is 454 g/mol. The van der Waals surface area contributed by atoms with Crippen LogP contribution in [-0.4, -0.2) is 25.1 Å². The molecule has 0 aliphatic carbocycles. The zero-order valence-electron chi connectivity index (χ0n) is 15.5. The van der Waals surface area contributed by atoms with Crippen LogP contribution in [0.1, 0.15) is 22.2 Å². The summed E-state index contributed by atoms with van der Waals surface area (Å²) in [6.45, 7) is 3.26. The first-order valence-electron chi connectivity index (χ1n) is 8.50. The molecule has 2 aromatic heterocycles. The van der Waals surface area contributed by atoms with Crippen LogP contribution in [-0.2, 0) is 10.0 Å². The predicted octanol–water partition coefficient (Wildman–Crippen LogP) is 4.92. The van der Waals surface area contributed by atoms with Crippen LogP contribution in [0.2, 0.25) is 5.02 Å². The van der Waals surface area contributed by atoms with E-state index in [0.717, 1.165) is 6.20 Å². The zero-order valence-corrected chi connectivity index (χ0v) is 17.9. The number of anilines is 2. The average Bonchev–Trinajstić information content (AvgIpc) is 3.10. The lowest BCUT2D eigenvalue weighted by atomic mass is 10.1. The molecule has 6 nitrogen and oxygen atoms in total. The molecule has 0 aliphatic heterocycles. The van der Waals surface area contributed by atoms with Crippen molar-refractivity contribution in [3.8, 4) is 11.3 Å². The van der Waals surface area contributed by atoms with Crippen molar-refractivity contribution < 1.29 is 17.6 Å². The monoisotopic (exact) mass is 453 g/mol. The van der Waals surface area contributed by atoms with Crippen molar-refractivity contribution in [1.29, 1.82) is 0 Å². The molecule has 0 bridgehead atoms. The van der Waals surface area contributed by atoms with Gasteiger partial charge in [-0.2, -0.15) is 0 Å². The highest BCUT2D eigenvalue weighted by Gasteiger charge is 2.14. The van der Waals surface area contributed by atoms with Gasteiger partial charge in [0.1, 0.15) is 5.82 Å². The Morgan fingerprint density at radius 2 is 1.93 bits per heavy atom. The molecule has 3 aromatic rings. The molecule has 1 aromatic carbocycles. The number of thiophene rings is 1. The number of carbonyl (C=O) groups excluding carboxylic acids is 1. The third-order valence-electron chi connectivity index (χ3n) is 3.95. The maximum absolute atomic E-state index is 13.3. The summed E-state index contributed by atoms with van der Waals surface area (Å²) in [5.41, 5.74) is 2.58. The van der Waals surface area contributed by atoms with E-state index in [9.17, 15) is 17.6 Å². The van der Waals surface area contributed by atoms with Gasteiger partial charge in [-0.25, -0.2) is 12.8 Å². The number of hydrogen-bond donors (Lipinski definition) is 2. The zero-order chi connectivity index (χ0) is 21.2. The SMILES string of the molecule is CCS(=O)(=O)Nc1cc(Cl)cc(NC(=O)c2cc(-c3ncc(F)cc3C)cs2)c1. The van der Waals surface area contributed by atoms with E-state index in [1.165, 1.54) is 42.5 Å². The van der Waals surface area contributed by atoms with Gasteiger partial charge in [0.25, 0.3) is 5.91 Å². The third kappa shape index (κ3) is 5.31. The van der Waals surface area contributed by atoms with Crippen molar-refractivity contribution >= 4 is 50.2 Å². The number of nitrogens with one attached hydrogen (secondary N) is 2. The smallest absolute Gasteiger partial charge is 0.265 e. The molecule has 10 heteroatoms. The van der Waals surface area contributed by atoms with Crippen molar-refractivity contribution in [3.05, 3.63) is 63.2 Å². The summed E-state index contributed by atoms with van der Waals surface area (Å²) in [4.78, 5) is 17.1. The first kappa shape index (κ1) is 21.2. The van der Waals surface area contributed by atoms with Crippen LogP contribution in [0.5, 0.6) is 0 Å². The number of rotatable bonds is 6. The number of amides is 1. The lowest BCUT2D eigenvalue weighted by Crippen LogP contribution is -2.15. The molecule has 152 valence electrons. The number of benzene rings is 1. The molecule has 2 heterocycles. The Hall–Kier alpha value is -2.49. The number of hydrogen-bond acceptors (Lipinski definition) is 5. The van der Waals surface area contributed by atoms with Crippen molar-refractivity contribution in [3.63, 3.8) is 0 Å². The number of carbonyl (C=O) groups is 1. The van der Waals surface area contributed by atoms with E-state index in [4.69, 9.17) is 11.6 Å². The van der Waals surface area contributed by atoms with Gasteiger partial charge in [-0.1, -0.05) is 11.6 Å². The molecule has 0 unspecified atom stereocenters. The Balaban J connectivity index is 1.81. The van der Waals surface area contributed by atoms with Gasteiger partial charge < -0.3 is 5.32 Å². The first-order valence-corrected chi connectivity index (χ1v) is 11.4. The second-order valence-corrected chi connectivity index (χ2v) is 9.57. The van der Waals surface area contributed by atoms with Crippen LogP contribution in [0, 0.1) is 12.7 Å². The number of halogens is 2. The van der Waals surface area contributed by atoms with Crippen LogP contribution < -0.4 is 10.0 Å². The van der Waals surface area contributed by atoms with Gasteiger partial charge in [0.05, 0.1) is 28.2 Å². The van der Waals surface area contributed by atoms with E-state index >= 15 is 0 Å². The third-order valence-corrected chi connectivity index (χ3v) is 6.40. The molecular formula is C19H17ClFN3O3S2. The Bertz CT molecular complexity index is 1180. The number of pyridine rings is 1. The van der Waals surface area contributed by atoms with Crippen molar-refractivity contribution in [1.82, 2.24) is 4.98 Å². The quantitative estimate of drug-likeness (QED) is 0.554. The minimum absolute atomic E-state index is 0.0873. The van der Waals surface area contributed by atoms with Gasteiger partial charge in [-0.15, -0.1) is 11.3 Å². The highest BCUT2D eigenvalue weighted by atomic mass is 35.5. The molecule has 0 atom stereocenters. The molecule has 29 heavy (non-hydrogen) atoms. The van der Waals surface area contributed by atoms with Crippen LogP contribution in [0.25, 0.3) is 11.3 Å². The van der Waals surface area contributed by atoms with E-state index in [2.05, 4.69) is 15.0 Å². The van der Waals surface area contributed by atoms with Gasteiger partial charge in [-0.3, -0.25) is 14.5 Å². The van der Waals surface area contributed by atoms with Crippen LogP contribution >= 0.6 is 22.9 Å². The number of nitrogens with zero attached hydrogens (tertiary/aromatic N) is 1. The van der Waals surface area contributed by atoms with Crippen LogP contribution in [0.3, 0.4) is 0 Å². The lowest BCUT2D eigenvalue weighted by Gasteiger charge is -2.10. The van der Waals surface area contributed by atoms with E-state index in [1.54, 1.807) is 18.4 Å². The van der Waals surface area contributed by atoms with E-state index in [1.807, 2.05) is 0 Å². The van der Waals surface area contributed by atoms with Gasteiger partial charge in [0.2, 0.25) is 10.0 Å². The minimum atomic E-state index is -3.47. The highest BCUT2D eigenvalue weighted by Crippen LogP contribution is 2.28. The van der Waals surface area contributed by atoms with Crippen molar-refractivity contribution in [2.75, 3.05) is 15.8 Å². The molecule has 0 spiro atoms. The summed E-state index contributed by atoms with van der Waals surface area (Å²) in [6.07, 6.45) is 1.13. The largest absolute Gasteiger partial charge is 0.321 e. The van der Waals surface area contributed by atoms with Crippen LogP contribution in [0.4, 0.5) is 15.8 Å². The molecule has 0 aliphatic rings. The normalized spacial score (nSPS) is 11.3.